The summed E-state index contributed by atoms with van der Waals surface area (Å²) in [5.41, 5.74) is 0.564. The molecule has 0 saturated heterocycles. The van der Waals surface area contributed by atoms with E-state index >= 15 is 0 Å². The van der Waals surface area contributed by atoms with Gasteiger partial charge in [-0.15, -0.1) is 0 Å². The summed E-state index contributed by atoms with van der Waals surface area (Å²) in [5.74, 6) is -0.889. The third-order valence-corrected chi connectivity index (χ3v) is 7.28. The molecule has 10 heteroatoms. The van der Waals surface area contributed by atoms with Crippen molar-refractivity contribution in [3.63, 3.8) is 0 Å². The molecule has 9 nitrogen and oxygen atoms in total. The molecule has 0 spiro atoms. The second-order valence-corrected chi connectivity index (χ2v) is 11.3. The van der Waals surface area contributed by atoms with E-state index in [1.807, 2.05) is 26.0 Å². The Morgan fingerprint density at radius 1 is 1.08 bits per heavy atom. The zero-order chi connectivity index (χ0) is 26.8. The number of hydrogen-bond donors (Lipinski definition) is 3. The van der Waals surface area contributed by atoms with Gasteiger partial charge in [-0.05, 0) is 56.2 Å². The molecular weight excluding hydrogens is 494 g/mol. The molecule has 3 N–H and O–H groups in total. The average molecular weight is 533 g/mol. The zero-order valence-electron chi connectivity index (χ0n) is 21.6. The Hall–Kier alpha value is -2.56. The summed E-state index contributed by atoms with van der Waals surface area (Å²) >= 11 is -2.34. The minimum atomic E-state index is -2.34. The second-order valence-electron chi connectivity index (χ2n) is 10.3. The fourth-order valence-electron chi connectivity index (χ4n) is 4.74. The molecule has 0 aliphatic heterocycles. The molecule has 1 aliphatic carbocycles. The number of para-hydroxylation sites is 1. The molecule has 3 atom stereocenters. The topological polar surface area (TPSA) is 141 Å². The van der Waals surface area contributed by atoms with Crippen molar-refractivity contribution in [3.05, 3.63) is 36.1 Å². The number of Topliss-reactive ketones (excluding diaryl/α,β-unsaturated/α-hetero) is 1. The maximum Gasteiger partial charge on any atom is 0.287 e. The van der Waals surface area contributed by atoms with Crippen LogP contribution in [0.1, 0.15) is 69.3 Å². The molecule has 2 amide bonds. The Morgan fingerprint density at radius 2 is 1.81 bits per heavy atom. The van der Waals surface area contributed by atoms with Crippen LogP contribution < -0.4 is 16.0 Å². The van der Waals surface area contributed by atoms with Crippen molar-refractivity contribution in [1.82, 2.24) is 16.0 Å². The number of fused-ring (bicyclic) bond motifs is 1. The Bertz CT molecular complexity index is 1050. The van der Waals surface area contributed by atoms with Gasteiger partial charge in [-0.2, -0.15) is 0 Å². The molecule has 1 aliphatic rings. The van der Waals surface area contributed by atoms with E-state index in [0.29, 0.717) is 17.9 Å². The Morgan fingerprint density at radius 3 is 2.49 bits per heavy atom. The number of hydrogen-bond acceptors (Lipinski definition) is 7. The molecule has 1 aromatic heterocycles. The highest BCUT2D eigenvalue weighted by Gasteiger charge is 2.28. The zero-order valence-corrected chi connectivity index (χ0v) is 22.4. The monoisotopic (exact) mass is 532 g/mol. The molecule has 204 valence electrons. The van der Waals surface area contributed by atoms with E-state index in [9.17, 15) is 23.1 Å². The number of furan rings is 1. The van der Waals surface area contributed by atoms with Crippen molar-refractivity contribution < 1.29 is 27.6 Å². The largest absolute Gasteiger partial charge is 0.772 e. The van der Waals surface area contributed by atoms with E-state index in [-0.39, 0.29) is 36.2 Å². The summed E-state index contributed by atoms with van der Waals surface area (Å²) in [4.78, 5) is 39.0. The fraction of sp³-hybridized carbons (Fsp3) is 0.593. The summed E-state index contributed by atoms with van der Waals surface area (Å²) in [5, 5.41) is 9.39. The van der Waals surface area contributed by atoms with Crippen LogP contribution in [0.25, 0.3) is 11.0 Å². The van der Waals surface area contributed by atoms with Crippen LogP contribution >= 0.6 is 0 Å². The molecule has 1 fully saturated rings. The van der Waals surface area contributed by atoms with Crippen molar-refractivity contribution in [2.24, 2.45) is 11.8 Å². The Balaban J connectivity index is 1.63. The van der Waals surface area contributed by atoms with Gasteiger partial charge >= 0.3 is 0 Å². The van der Waals surface area contributed by atoms with Crippen LogP contribution in [-0.4, -0.2) is 57.3 Å². The van der Waals surface area contributed by atoms with E-state index in [2.05, 4.69) is 16.0 Å². The molecule has 1 aromatic carbocycles. The van der Waals surface area contributed by atoms with Crippen LogP contribution in [0.2, 0.25) is 0 Å². The van der Waals surface area contributed by atoms with Crippen LogP contribution in [0, 0.1) is 11.8 Å². The van der Waals surface area contributed by atoms with Gasteiger partial charge < -0.3 is 24.9 Å². The lowest BCUT2D eigenvalue weighted by Crippen LogP contribution is -2.53. The number of benzene rings is 1. The van der Waals surface area contributed by atoms with E-state index in [1.165, 1.54) is 19.3 Å². The van der Waals surface area contributed by atoms with Crippen LogP contribution in [0.5, 0.6) is 0 Å². The highest BCUT2D eigenvalue weighted by molar-refractivity contribution is 7.79. The predicted octanol–water partition coefficient (Wildman–Crippen LogP) is 3.07. The minimum absolute atomic E-state index is 0.0300. The third-order valence-electron chi connectivity index (χ3n) is 6.71. The normalized spacial score (nSPS) is 16.9. The van der Waals surface area contributed by atoms with Crippen molar-refractivity contribution >= 4 is 39.6 Å². The first-order valence-electron chi connectivity index (χ1n) is 13.1. The third kappa shape index (κ3) is 9.36. The number of carbonyl (C=O) groups excluding carboxylic acids is 3. The number of nitrogens with one attached hydrogen (secondary N) is 3. The number of carbonyl (C=O) groups is 3. The summed E-state index contributed by atoms with van der Waals surface area (Å²) < 4.78 is 28.0. The average Bonchev–Trinajstić information content (AvgIpc) is 3.31. The summed E-state index contributed by atoms with van der Waals surface area (Å²) in [7, 11) is 0. The van der Waals surface area contributed by atoms with E-state index in [4.69, 9.17) is 4.42 Å². The van der Waals surface area contributed by atoms with E-state index in [1.54, 1.807) is 18.2 Å². The predicted molar refractivity (Wildman–Crippen MR) is 142 cm³/mol. The number of rotatable bonds is 14. The minimum Gasteiger partial charge on any atom is -0.772 e. The molecule has 2 aromatic rings. The van der Waals surface area contributed by atoms with Gasteiger partial charge in [0.15, 0.2) is 11.5 Å². The lowest BCUT2D eigenvalue weighted by atomic mass is 9.89. The van der Waals surface area contributed by atoms with Gasteiger partial charge in [0, 0.05) is 11.1 Å². The Labute approximate surface area is 220 Å². The SMILES string of the molecule is CC(C)C[C@H](NC(=O)c1cc2ccccc2o1)C(=O)N[C@@H](CCS(=O)[O-])C(=O)CNCC1CCCCC1. The van der Waals surface area contributed by atoms with Gasteiger partial charge in [0.25, 0.3) is 5.91 Å². The summed E-state index contributed by atoms with van der Waals surface area (Å²) in [6, 6.07) is 6.95. The quantitative estimate of drug-likeness (QED) is 0.318. The van der Waals surface area contributed by atoms with Gasteiger partial charge in [-0.25, -0.2) is 0 Å². The molecule has 0 bridgehead atoms. The molecule has 1 unspecified atom stereocenters. The summed E-state index contributed by atoms with van der Waals surface area (Å²) in [6.07, 6.45) is 6.23. The van der Waals surface area contributed by atoms with Crippen LogP contribution in [-0.2, 0) is 20.7 Å². The summed E-state index contributed by atoms with van der Waals surface area (Å²) in [6.45, 7) is 4.62. The Kier molecular flexibility index (Phi) is 11.3. The lowest BCUT2D eigenvalue weighted by Gasteiger charge is -2.25. The number of ketones is 1. The molecule has 0 radical (unpaired) electrons. The van der Waals surface area contributed by atoms with Crippen LogP contribution in [0.3, 0.4) is 0 Å². The first kappa shape index (κ1) is 29.0. The standard InChI is InChI=1S/C27H39N3O6S/c1-18(2)14-22(30-27(33)25-15-20-10-6-7-11-24(20)36-25)26(32)29-21(12-13-37(34)35)23(31)17-28-16-19-8-4-3-5-9-19/h6-7,10-11,15,18-19,21-22,28H,3-5,8-9,12-14,16-17H2,1-2H3,(H,29,32)(H,30,33)(H,34,35)/p-1/t21-,22-/m0/s1. The molecule has 3 rings (SSSR count). The lowest BCUT2D eigenvalue weighted by molar-refractivity contribution is -0.128. The maximum atomic E-state index is 13.2. The van der Waals surface area contributed by atoms with Crippen molar-refractivity contribution in [2.75, 3.05) is 18.8 Å². The molecule has 37 heavy (non-hydrogen) atoms. The van der Waals surface area contributed by atoms with Crippen LogP contribution in [0.15, 0.2) is 34.7 Å². The van der Waals surface area contributed by atoms with Crippen molar-refractivity contribution in [3.8, 4) is 0 Å². The molecule has 1 heterocycles. The number of amides is 2. The van der Waals surface area contributed by atoms with E-state index in [0.717, 1.165) is 24.8 Å². The van der Waals surface area contributed by atoms with Gasteiger partial charge in [-0.1, -0.05) is 62.4 Å². The molecular formula is C27H38N3O6S-. The second kappa shape index (κ2) is 14.4. The first-order chi connectivity index (χ1) is 17.7. The van der Waals surface area contributed by atoms with Crippen LogP contribution in [0.4, 0.5) is 0 Å². The van der Waals surface area contributed by atoms with Gasteiger partial charge in [0.1, 0.15) is 11.6 Å². The van der Waals surface area contributed by atoms with Crippen molar-refractivity contribution in [2.45, 2.75) is 70.9 Å². The smallest absolute Gasteiger partial charge is 0.287 e. The first-order valence-corrected chi connectivity index (χ1v) is 14.4. The fourth-order valence-corrected chi connectivity index (χ4v) is 5.17. The van der Waals surface area contributed by atoms with Gasteiger partial charge in [0.2, 0.25) is 5.91 Å². The maximum absolute atomic E-state index is 13.2. The highest BCUT2D eigenvalue weighted by Crippen LogP contribution is 2.22. The highest BCUT2D eigenvalue weighted by atomic mass is 32.2. The van der Waals surface area contributed by atoms with Gasteiger partial charge in [-0.3, -0.25) is 18.6 Å². The van der Waals surface area contributed by atoms with Crippen molar-refractivity contribution in [1.29, 1.82) is 0 Å². The van der Waals surface area contributed by atoms with Gasteiger partial charge in [0.05, 0.1) is 12.6 Å². The van der Waals surface area contributed by atoms with E-state index < -0.39 is 35.0 Å². The molecule has 1 saturated carbocycles.